The largest absolute Gasteiger partial charge is 0.352 e. The molecule has 0 fully saturated rings. The molecule has 0 aliphatic heterocycles. The highest BCUT2D eigenvalue weighted by Gasteiger charge is 2.28. The van der Waals surface area contributed by atoms with Crippen LogP contribution in [0.5, 0.6) is 0 Å². The van der Waals surface area contributed by atoms with Crippen molar-refractivity contribution < 1.29 is 14.0 Å². The molecule has 4 nitrogen and oxygen atoms in total. The van der Waals surface area contributed by atoms with Crippen molar-refractivity contribution in [1.82, 2.24) is 10.2 Å². The third kappa shape index (κ3) is 6.19. The first kappa shape index (κ1) is 21.6. The van der Waals surface area contributed by atoms with Crippen molar-refractivity contribution in [1.29, 1.82) is 0 Å². The van der Waals surface area contributed by atoms with Crippen molar-refractivity contribution in [2.24, 2.45) is 0 Å². The van der Waals surface area contributed by atoms with Gasteiger partial charge in [0.2, 0.25) is 11.8 Å². The lowest BCUT2D eigenvalue weighted by molar-refractivity contribution is -0.141. The fourth-order valence-corrected chi connectivity index (χ4v) is 3.07. The van der Waals surface area contributed by atoms with Crippen LogP contribution < -0.4 is 5.32 Å². The Morgan fingerprint density at radius 1 is 1.00 bits per heavy atom. The van der Waals surface area contributed by atoms with E-state index in [4.69, 9.17) is 0 Å². The summed E-state index contributed by atoms with van der Waals surface area (Å²) in [7, 11) is 0. The van der Waals surface area contributed by atoms with Gasteiger partial charge in [-0.05, 0) is 50.5 Å². The first-order chi connectivity index (χ1) is 13.3. The molecule has 2 rings (SSSR count). The van der Waals surface area contributed by atoms with Gasteiger partial charge in [0.1, 0.15) is 11.9 Å². The summed E-state index contributed by atoms with van der Waals surface area (Å²) < 4.78 is 13.3. The van der Waals surface area contributed by atoms with Gasteiger partial charge in [-0.15, -0.1) is 0 Å². The van der Waals surface area contributed by atoms with E-state index in [0.29, 0.717) is 6.42 Å². The maximum absolute atomic E-state index is 13.3. The number of nitrogens with one attached hydrogen (secondary N) is 1. The molecule has 1 N–H and O–H groups in total. The minimum absolute atomic E-state index is 0.0126. The molecule has 1 atom stereocenters. The highest BCUT2D eigenvalue weighted by Crippen LogP contribution is 2.16. The van der Waals surface area contributed by atoms with Crippen molar-refractivity contribution in [3.8, 4) is 0 Å². The van der Waals surface area contributed by atoms with Crippen LogP contribution in [0.1, 0.15) is 43.9 Å². The quantitative estimate of drug-likeness (QED) is 0.748. The first-order valence-electron chi connectivity index (χ1n) is 9.70. The molecule has 150 valence electrons. The van der Waals surface area contributed by atoms with E-state index in [9.17, 15) is 14.0 Å². The molecular formula is C23H29FN2O2. The molecule has 0 spiro atoms. The molecule has 0 radical (unpaired) electrons. The van der Waals surface area contributed by atoms with Gasteiger partial charge in [-0.25, -0.2) is 4.39 Å². The second-order valence-corrected chi connectivity index (χ2v) is 7.40. The number of hydrogen-bond donors (Lipinski definition) is 1. The molecule has 0 heterocycles. The Morgan fingerprint density at radius 3 is 2.11 bits per heavy atom. The first-order valence-corrected chi connectivity index (χ1v) is 9.70. The lowest BCUT2D eigenvalue weighted by Gasteiger charge is -2.31. The Bertz CT molecular complexity index is 785. The summed E-state index contributed by atoms with van der Waals surface area (Å²) in [5.41, 5.74) is 2.82. The van der Waals surface area contributed by atoms with Crippen LogP contribution in [0.4, 0.5) is 4.39 Å². The van der Waals surface area contributed by atoms with E-state index >= 15 is 0 Å². The van der Waals surface area contributed by atoms with Crippen molar-refractivity contribution in [2.45, 2.75) is 59.2 Å². The van der Waals surface area contributed by atoms with Crippen LogP contribution in [0.3, 0.4) is 0 Å². The third-order valence-corrected chi connectivity index (χ3v) is 4.56. The minimum atomic E-state index is -0.578. The van der Waals surface area contributed by atoms with E-state index in [1.807, 2.05) is 52.0 Å². The zero-order valence-electron chi connectivity index (χ0n) is 17.0. The highest BCUT2D eigenvalue weighted by atomic mass is 19.1. The van der Waals surface area contributed by atoms with Crippen LogP contribution in [0.25, 0.3) is 0 Å². The number of amides is 2. The molecule has 0 bridgehead atoms. The zero-order chi connectivity index (χ0) is 20.7. The summed E-state index contributed by atoms with van der Waals surface area (Å²) in [6, 6.07) is 13.2. The number of carbonyl (C=O) groups is 2. The Morgan fingerprint density at radius 2 is 1.57 bits per heavy atom. The standard InChI is InChI=1S/C23H29FN2O2/c1-5-21(23(28)25-16(2)3)26(15-19-10-12-20(24)13-11-19)22(27)14-18-8-6-17(4)7-9-18/h6-13,16,21H,5,14-15H2,1-4H3,(H,25,28). The number of carbonyl (C=O) groups excluding carboxylic acids is 2. The number of nitrogens with zero attached hydrogens (tertiary/aromatic N) is 1. The van der Waals surface area contributed by atoms with Gasteiger partial charge in [0.05, 0.1) is 6.42 Å². The average molecular weight is 384 g/mol. The van der Waals surface area contributed by atoms with E-state index in [2.05, 4.69) is 5.32 Å². The molecule has 28 heavy (non-hydrogen) atoms. The normalized spacial score (nSPS) is 11.9. The second kappa shape index (κ2) is 10.0. The predicted octanol–water partition coefficient (Wildman–Crippen LogP) is 4.01. The molecule has 0 aromatic heterocycles. The van der Waals surface area contributed by atoms with Gasteiger partial charge in [-0.1, -0.05) is 48.9 Å². The lowest BCUT2D eigenvalue weighted by atomic mass is 10.1. The minimum Gasteiger partial charge on any atom is -0.352 e. The number of hydrogen-bond acceptors (Lipinski definition) is 2. The Hall–Kier alpha value is -2.69. The Labute approximate surface area is 166 Å². The second-order valence-electron chi connectivity index (χ2n) is 7.40. The van der Waals surface area contributed by atoms with Crippen molar-refractivity contribution in [3.63, 3.8) is 0 Å². The van der Waals surface area contributed by atoms with Gasteiger partial charge < -0.3 is 10.2 Å². The summed E-state index contributed by atoms with van der Waals surface area (Å²) in [5, 5.41) is 2.90. The van der Waals surface area contributed by atoms with Crippen molar-refractivity contribution >= 4 is 11.8 Å². The van der Waals surface area contributed by atoms with Crippen LogP contribution in [-0.2, 0) is 22.6 Å². The zero-order valence-corrected chi connectivity index (χ0v) is 17.0. The van der Waals surface area contributed by atoms with E-state index < -0.39 is 6.04 Å². The smallest absolute Gasteiger partial charge is 0.243 e. The number of benzene rings is 2. The summed E-state index contributed by atoms with van der Waals surface area (Å²) in [5.74, 6) is -0.623. The molecule has 2 aromatic carbocycles. The van der Waals surface area contributed by atoms with Gasteiger partial charge in [-0.3, -0.25) is 9.59 Å². The number of aryl methyl sites for hydroxylation is 1. The van der Waals surface area contributed by atoms with Crippen LogP contribution in [-0.4, -0.2) is 28.8 Å². The van der Waals surface area contributed by atoms with E-state index in [1.54, 1.807) is 17.0 Å². The fraction of sp³-hybridized carbons (Fsp3) is 0.391. The van der Waals surface area contributed by atoms with Gasteiger partial charge in [0, 0.05) is 12.6 Å². The predicted molar refractivity (Wildman–Crippen MR) is 109 cm³/mol. The summed E-state index contributed by atoms with van der Waals surface area (Å²) in [6.45, 7) is 7.93. The van der Waals surface area contributed by atoms with Crippen molar-refractivity contribution in [3.05, 3.63) is 71.0 Å². The Balaban J connectivity index is 2.27. The lowest BCUT2D eigenvalue weighted by Crippen LogP contribution is -2.50. The molecule has 0 saturated heterocycles. The van der Waals surface area contributed by atoms with Crippen LogP contribution in [0.2, 0.25) is 0 Å². The summed E-state index contributed by atoms with van der Waals surface area (Å²) in [6.07, 6.45) is 0.715. The van der Waals surface area contributed by atoms with Gasteiger partial charge in [0.25, 0.3) is 0 Å². The van der Waals surface area contributed by atoms with Gasteiger partial charge >= 0.3 is 0 Å². The molecule has 2 amide bonds. The maximum atomic E-state index is 13.3. The van der Waals surface area contributed by atoms with Crippen molar-refractivity contribution in [2.75, 3.05) is 0 Å². The number of halogens is 1. The van der Waals surface area contributed by atoms with Crippen LogP contribution >= 0.6 is 0 Å². The average Bonchev–Trinajstić information content (AvgIpc) is 2.64. The molecule has 1 unspecified atom stereocenters. The monoisotopic (exact) mass is 384 g/mol. The van der Waals surface area contributed by atoms with Crippen LogP contribution in [0, 0.1) is 12.7 Å². The van der Waals surface area contributed by atoms with Gasteiger partial charge in [-0.2, -0.15) is 0 Å². The fourth-order valence-electron chi connectivity index (χ4n) is 3.07. The topological polar surface area (TPSA) is 49.4 Å². The number of rotatable bonds is 8. The molecule has 5 heteroatoms. The molecule has 0 saturated carbocycles. The van der Waals surface area contributed by atoms with E-state index in [1.165, 1.54) is 12.1 Å². The van der Waals surface area contributed by atoms with E-state index in [0.717, 1.165) is 16.7 Å². The van der Waals surface area contributed by atoms with Crippen LogP contribution in [0.15, 0.2) is 48.5 Å². The molecule has 0 aliphatic rings. The summed E-state index contributed by atoms with van der Waals surface area (Å²) >= 11 is 0. The molecular weight excluding hydrogens is 355 g/mol. The summed E-state index contributed by atoms with van der Waals surface area (Å²) in [4.78, 5) is 27.4. The molecule has 2 aromatic rings. The highest BCUT2D eigenvalue weighted by molar-refractivity contribution is 5.88. The third-order valence-electron chi connectivity index (χ3n) is 4.56. The van der Waals surface area contributed by atoms with Gasteiger partial charge in [0.15, 0.2) is 0 Å². The maximum Gasteiger partial charge on any atom is 0.243 e. The SMILES string of the molecule is CCC(C(=O)NC(C)C)N(Cc1ccc(F)cc1)C(=O)Cc1ccc(C)cc1. The Kier molecular flexibility index (Phi) is 7.73. The molecule has 0 aliphatic carbocycles. The van der Waals surface area contributed by atoms with E-state index in [-0.39, 0.29) is 36.6 Å².